The zero-order valence-electron chi connectivity index (χ0n) is 19.2. The van der Waals surface area contributed by atoms with E-state index < -0.39 is 17.5 Å². The summed E-state index contributed by atoms with van der Waals surface area (Å²) in [4.78, 5) is 28.0. The highest BCUT2D eigenvalue weighted by molar-refractivity contribution is 6.02. The van der Waals surface area contributed by atoms with Gasteiger partial charge in [-0.2, -0.15) is 0 Å². The largest absolute Gasteiger partial charge is 0.492 e. The van der Waals surface area contributed by atoms with E-state index in [0.29, 0.717) is 13.0 Å². The number of primary amides is 1. The number of carbonyl (C=O) groups is 2. The molecule has 3 amide bonds. The standard InChI is InChI=1S/C24H30F2N4O3/c1-15-7-8-19(18(26)12-15)28-20-13-16(25)14-21(22(20)23(27)31)33-11-9-17-6-4-5-10-30(17)24(32)29(2)3/h7-8,12-14,17,28H,4-6,9-11H2,1-3H3,(H2,27,31). The van der Waals surface area contributed by atoms with Gasteiger partial charge in [-0.3, -0.25) is 4.79 Å². The van der Waals surface area contributed by atoms with E-state index in [1.807, 2.05) is 4.90 Å². The molecule has 0 aromatic heterocycles. The first-order valence-electron chi connectivity index (χ1n) is 10.9. The Morgan fingerprint density at radius 2 is 1.94 bits per heavy atom. The fraction of sp³-hybridized carbons (Fsp3) is 0.417. The highest BCUT2D eigenvalue weighted by Crippen LogP contribution is 2.32. The number of aryl methyl sites for hydroxylation is 1. The molecule has 7 nitrogen and oxygen atoms in total. The fourth-order valence-electron chi connectivity index (χ4n) is 4.03. The second-order valence-electron chi connectivity index (χ2n) is 8.46. The van der Waals surface area contributed by atoms with Crippen molar-refractivity contribution >= 4 is 23.3 Å². The highest BCUT2D eigenvalue weighted by atomic mass is 19.1. The number of nitrogens with two attached hydrogens (primary N) is 1. The predicted octanol–water partition coefficient (Wildman–Crippen LogP) is 4.42. The normalized spacial score (nSPS) is 15.8. The van der Waals surface area contributed by atoms with Crippen molar-refractivity contribution in [2.45, 2.75) is 38.6 Å². The Balaban J connectivity index is 1.78. The van der Waals surface area contributed by atoms with E-state index in [0.717, 1.165) is 37.0 Å². The van der Waals surface area contributed by atoms with Gasteiger partial charge in [0.15, 0.2) is 0 Å². The Morgan fingerprint density at radius 3 is 2.61 bits per heavy atom. The van der Waals surface area contributed by atoms with Gasteiger partial charge in [0.05, 0.1) is 18.0 Å². The van der Waals surface area contributed by atoms with Gasteiger partial charge in [0.1, 0.15) is 22.9 Å². The molecule has 0 saturated carbocycles. The minimum absolute atomic E-state index is 0.0153. The van der Waals surface area contributed by atoms with Crippen molar-refractivity contribution in [1.82, 2.24) is 9.80 Å². The van der Waals surface area contributed by atoms with Crippen molar-refractivity contribution in [3.05, 3.63) is 53.1 Å². The molecule has 2 aromatic carbocycles. The van der Waals surface area contributed by atoms with Crippen molar-refractivity contribution in [2.24, 2.45) is 5.73 Å². The molecule has 1 aliphatic heterocycles. The van der Waals surface area contributed by atoms with E-state index in [1.54, 1.807) is 32.0 Å². The summed E-state index contributed by atoms with van der Waals surface area (Å²) in [6, 6.07) is 6.60. The van der Waals surface area contributed by atoms with Crippen LogP contribution in [0.4, 0.5) is 25.0 Å². The van der Waals surface area contributed by atoms with Crippen LogP contribution in [0, 0.1) is 18.6 Å². The van der Waals surface area contributed by atoms with Crippen molar-refractivity contribution in [3.63, 3.8) is 0 Å². The maximum absolute atomic E-state index is 14.4. The SMILES string of the molecule is Cc1ccc(Nc2cc(F)cc(OCCC3CCCCN3C(=O)N(C)C)c2C(N)=O)c(F)c1. The van der Waals surface area contributed by atoms with Crippen molar-refractivity contribution in [3.8, 4) is 5.75 Å². The third-order valence-electron chi connectivity index (χ3n) is 5.67. The van der Waals surface area contributed by atoms with Gasteiger partial charge in [-0.1, -0.05) is 6.07 Å². The number of nitrogens with one attached hydrogen (secondary N) is 1. The second-order valence-corrected chi connectivity index (χ2v) is 8.46. The summed E-state index contributed by atoms with van der Waals surface area (Å²) in [5.74, 6) is -2.06. The van der Waals surface area contributed by atoms with Crippen LogP contribution in [-0.4, -0.2) is 55.0 Å². The van der Waals surface area contributed by atoms with Crippen LogP contribution in [-0.2, 0) is 0 Å². The van der Waals surface area contributed by atoms with Crippen molar-refractivity contribution in [1.29, 1.82) is 0 Å². The summed E-state index contributed by atoms with van der Waals surface area (Å²) in [7, 11) is 3.42. The molecule has 178 valence electrons. The zero-order chi connectivity index (χ0) is 24.1. The van der Waals surface area contributed by atoms with Gasteiger partial charge in [-0.25, -0.2) is 13.6 Å². The average molecular weight is 461 g/mol. The maximum atomic E-state index is 14.4. The van der Waals surface area contributed by atoms with Gasteiger partial charge in [0, 0.05) is 39.2 Å². The predicted molar refractivity (Wildman–Crippen MR) is 123 cm³/mol. The number of hydrogen-bond donors (Lipinski definition) is 2. The molecule has 1 fully saturated rings. The lowest BCUT2D eigenvalue weighted by molar-refractivity contribution is 0.0995. The van der Waals surface area contributed by atoms with Gasteiger partial charge in [0.25, 0.3) is 5.91 Å². The molecule has 0 aliphatic carbocycles. The number of benzene rings is 2. The van der Waals surface area contributed by atoms with Gasteiger partial charge in [-0.05, 0) is 49.9 Å². The van der Waals surface area contributed by atoms with Gasteiger partial charge >= 0.3 is 6.03 Å². The van der Waals surface area contributed by atoms with Gasteiger partial charge < -0.3 is 25.6 Å². The first kappa shape index (κ1) is 24.3. The number of rotatable bonds is 7. The molecule has 1 saturated heterocycles. The topological polar surface area (TPSA) is 87.9 Å². The van der Waals surface area contributed by atoms with Crippen LogP contribution >= 0.6 is 0 Å². The number of carbonyl (C=O) groups excluding carboxylic acids is 2. The fourth-order valence-corrected chi connectivity index (χ4v) is 4.03. The minimum Gasteiger partial charge on any atom is -0.492 e. The molecule has 0 spiro atoms. The van der Waals surface area contributed by atoms with Crippen LogP contribution in [0.3, 0.4) is 0 Å². The van der Waals surface area contributed by atoms with Crippen molar-refractivity contribution in [2.75, 3.05) is 32.6 Å². The number of piperidine rings is 1. The lowest BCUT2D eigenvalue weighted by Gasteiger charge is -2.37. The van der Waals surface area contributed by atoms with Crippen LogP contribution in [0.15, 0.2) is 30.3 Å². The number of anilines is 2. The van der Waals surface area contributed by atoms with Crippen LogP contribution in [0.25, 0.3) is 0 Å². The molecular weight excluding hydrogens is 430 g/mol. The number of nitrogens with zero attached hydrogens (tertiary/aromatic N) is 2. The summed E-state index contributed by atoms with van der Waals surface area (Å²) < 4.78 is 34.4. The van der Waals surface area contributed by atoms with E-state index in [9.17, 15) is 18.4 Å². The zero-order valence-corrected chi connectivity index (χ0v) is 19.2. The van der Waals surface area contributed by atoms with E-state index >= 15 is 0 Å². The molecule has 2 aromatic rings. The number of halogens is 2. The molecule has 33 heavy (non-hydrogen) atoms. The molecular formula is C24H30F2N4O3. The summed E-state index contributed by atoms with van der Waals surface area (Å²) in [6.07, 6.45) is 3.31. The quantitative estimate of drug-likeness (QED) is 0.640. The monoisotopic (exact) mass is 460 g/mol. The van der Waals surface area contributed by atoms with Crippen LogP contribution in [0.5, 0.6) is 5.75 Å². The second kappa shape index (κ2) is 10.5. The number of amides is 3. The van der Waals surface area contributed by atoms with Crippen LogP contribution in [0.1, 0.15) is 41.6 Å². The number of urea groups is 1. The van der Waals surface area contributed by atoms with Crippen LogP contribution in [0.2, 0.25) is 0 Å². The number of ether oxygens (including phenoxy) is 1. The summed E-state index contributed by atoms with van der Waals surface area (Å²) in [6.45, 7) is 2.57. The Labute approximate surface area is 192 Å². The van der Waals surface area contributed by atoms with E-state index in [-0.39, 0.29) is 41.4 Å². The van der Waals surface area contributed by atoms with E-state index in [4.69, 9.17) is 10.5 Å². The summed E-state index contributed by atoms with van der Waals surface area (Å²) in [5, 5.41) is 2.75. The number of likely N-dealkylation sites (tertiary alicyclic amines) is 1. The molecule has 0 bridgehead atoms. The molecule has 1 heterocycles. The average Bonchev–Trinajstić information content (AvgIpc) is 2.75. The Bertz CT molecular complexity index is 1030. The first-order valence-corrected chi connectivity index (χ1v) is 10.9. The third kappa shape index (κ3) is 5.91. The molecule has 3 rings (SSSR count). The lowest BCUT2D eigenvalue weighted by atomic mass is 10.00. The molecule has 3 N–H and O–H groups in total. The highest BCUT2D eigenvalue weighted by Gasteiger charge is 2.28. The molecule has 1 atom stereocenters. The van der Waals surface area contributed by atoms with Gasteiger partial charge in [-0.15, -0.1) is 0 Å². The van der Waals surface area contributed by atoms with E-state index in [2.05, 4.69) is 5.32 Å². The lowest BCUT2D eigenvalue weighted by Crippen LogP contribution is -2.48. The van der Waals surface area contributed by atoms with Crippen LogP contribution < -0.4 is 15.8 Å². The minimum atomic E-state index is -0.831. The summed E-state index contributed by atoms with van der Waals surface area (Å²) >= 11 is 0. The Hall–Kier alpha value is -3.36. The molecule has 1 unspecified atom stereocenters. The molecule has 1 aliphatic rings. The molecule has 9 heteroatoms. The number of hydrogen-bond acceptors (Lipinski definition) is 4. The Morgan fingerprint density at radius 1 is 1.18 bits per heavy atom. The smallest absolute Gasteiger partial charge is 0.319 e. The van der Waals surface area contributed by atoms with Crippen molar-refractivity contribution < 1.29 is 23.1 Å². The maximum Gasteiger partial charge on any atom is 0.319 e. The molecule has 0 radical (unpaired) electrons. The third-order valence-corrected chi connectivity index (χ3v) is 5.67. The van der Waals surface area contributed by atoms with Gasteiger partial charge in [0.2, 0.25) is 0 Å². The Kier molecular flexibility index (Phi) is 7.73. The first-order chi connectivity index (χ1) is 15.7. The summed E-state index contributed by atoms with van der Waals surface area (Å²) in [5.41, 5.74) is 6.31. The van der Waals surface area contributed by atoms with E-state index in [1.165, 1.54) is 12.1 Å².